The molecule has 0 amide bonds. The standard InChI is InChI=1S/C16H24O/c1-2-4-13(5-3-1)16-7-6-12(10-16)8-14(16)9-15-11-17-15/h8,12-13,15H,1-7,9-11H2. The number of ether oxygens (including phenoxy) is 1. The van der Waals surface area contributed by atoms with Crippen LogP contribution in [0.5, 0.6) is 0 Å². The molecule has 4 rings (SSSR count). The predicted molar refractivity (Wildman–Crippen MR) is 68.8 cm³/mol. The van der Waals surface area contributed by atoms with Gasteiger partial charge in [-0.1, -0.05) is 30.9 Å². The summed E-state index contributed by atoms with van der Waals surface area (Å²) >= 11 is 0. The van der Waals surface area contributed by atoms with E-state index in [1.54, 1.807) is 0 Å². The lowest BCUT2D eigenvalue weighted by Crippen LogP contribution is -2.31. The molecule has 1 heteroatoms. The summed E-state index contributed by atoms with van der Waals surface area (Å²) in [5.41, 5.74) is 2.47. The van der Waals surface area contributed by atoms with Crippen molar-refractivity contribution in [2.45, 2.75) is 63.9 Å². The fourth-order valence-electron chi connectivity index (χ4n) is 4.99. The molecule has 17 heavy (non-hydrogen) atoms. The number of fused-ring (bicyclic) bond motifs is 2. The Hall–Kier alpha value is -0.300. The van der Waals surface area contributed by atoms with E-state index in [4.69, 9.17) is 4.74 Å². The molecule has 2 bridgehead atoms. The summed E-state index contributed by atoms with van der Waals surface area (Å²) in [6.45, 7) is 1.03. The molecule has 3 fully saturated rings. The van der Waals surface area contributed by atoms with Crippen LogP contribution in [0.2, 0.25) is 0 Å². The second-order valence-electron chi connectivity index (χ2n) is 6.85. The molecule has 1 aliphatic heterocycles. The highest BCUT2D eigenvalue weighted by molar-refractivity contribution is 5.29. The van der Waals surface area contributed by atoms with Crippen molar-refractivity contribution in [2.75, 3.05) is 6.61 Å². The van der Waals surface area contributed by atoms with Crippen molar-refractivity contribution in [3.05, 3.63) is 11.6 Å². The largest absolute Gasteiger partial charge is 0.373 e. The molecule has 0 N–H and O–H groups in total. The molecular weight excluding hydrogens is 208 g/mol. The summed E-state index contributed by atoms with van der Waals surface area (Å²) in [6.07, 6.45) is 16.5. The molecule has 0 aromatic heterocycles. The number of rotatable bonds is 3. The highest BCUT2D eigenvalue weighted by Gasteiger charge is 2.51. The van der Waals surface area contributed by atoms with Gasteiger partial charge in [-0.2, -0.15) is 0 Å². The van der Waals surface area contributed by atoms with Crippen LogP contribution in [0.4, 0.5) is 0 Å². The van der Waals surface area contributed by atoms with Crippen LogP contribution in [0.25, 0.3) is 0 Å². The first-order valence-electron chi connectivity index (χ1n) is 7.70. The average Bonchev–Trinajstić information content (AvgIpc) is 2.99. The van der Waals surface area contributed by atoms with Crippen LogP contribution in [0, 0.1) is 17.3 Å². The number of hydrogen-bond acceptors (Lipinski definition) is 1. The van der Waals surface area contributed by atoms with Gasteiger partial charge in [-0.15, -0.1) is 0 Å². The summed E-state index contributed by atoms with van der Waals surface area (Å²) in [4.78, 5) is 0. The first-order chi connectivity index (χ1) is 8.37. The van der Waals surface area contributed by atoms with Gasteiger partial charge >= 0.3 is 0 Å². The van der Waals surface area contributed by atoms with Crippen LogP contribution in [0.15, 0.2) is 11.6 Å². The molecule has 0 aromatic rings. The van der Waals surface area contributed by atoms with E-state index in [2.05, 4.69) is 6.08 Å². The van der Waals surface area contributed by atoms with Gasteiger partial charge in [-0.3, -0.25) is 0 Å². The first-order valence-corrected chi connectivity index (χ1v) is 7.70. The lowest BCUT2D eigenvalue weighted by molar-refractivity contribution is 0.160. The minimum absolute atomic E-state index is 0.598. The van der Waals surface area contributed by atoms with Gasteiger partial charge in [0, 0.05) is 0 Å². The fraction of sp³-hybridized carbons (Fsp3) is 0.875. The van der Waals surface area contributed by atoms with E-state index >= 15 is 0 Å². The van der Waals surface area contributed by atoms with Crippen molar-refractivity contribution in [1.82, 2.24) is 0 Å². The van der Waals surface area contributed by atoms with Crippen LogP contribution in [-0.2, 0) is 4.74 Å². The molecular formula is C16H24O. The number of epoxide rings is 1. The Morgan fingerprint density at radius 3 is 2.71 bits per heavy atom. The molecule has 0 spiro atoms. The molecule has 3 unspecified atom stereocenters. The van der Waals surface area contributed by atoms with Crippen LogP contribution in [0.3, 0.4) is 0 Å². The number of hydrogen-bond donors (Lipinski definition) is 0. The van der Waals surface area contributed by atoms with Crippen LogP contribution < -0.4 is 0 Å². The Bertz CT molecular complexity index is 335. The molecule has 1 heterocycles. The third-order valence-electron chi connectivity index (χ3n) is 5.90. The maximum atomic E-state index is 5.47. The maximum Gasteiger partial charge on any atom is 0.0847 e. The normalized spacial score (nSPS) is 45.1. The molecule has 94 valence electrons. The van der Waals surface area contributed by atoms with Gasteiger partial charge in [-0.05, 0) is 55.8 Å². The summed E-state index contributed by atoms with van der Waals surface area (Å²) < 4.78 is 5.47. The van der Waals surface area contributed by atoms with E-state index < -0.39 is 0 Å². The predicted octanol–water partition coefficient (Wildman–Crippen LogP) is 4.08. The van der Waals surface area contributed by atoms with Crippen LogP contribution in [-0.4, -0.2) is 12.7 Å². The van der Waals surface area contributed by atoms with Crippen molar-refractivity contribution >= 4 is 0 Å². The van der Waals surface area contributed by atoms with Gasteiger partial charge in [0.05, 0.1) is 12.7 Å². The first kappa shape index (κ1) is 10.6. The van der Waals surface area contributed by atoms with Crippen LogP contribution >= 0.6 is 0 Å². The van der Waals surface area contributed by atoms with E-state index in [1.165, 1.54) is 57.8 Å². The maximum absolute atomic E-state index is 5.47. The molecule has 1 saturated heterocycles. The van der Waals surface area contributed by atoms with Gasteiger partial charge in [0.25, 0.3) is 0 Å². The van der Waals surface area contributed by atoms with E-state index in [-0.39, 0.29) is 0 Å². The zero-order chi connectivity index (χ0) is 11.3. The zero-order valence-electron chi connectivity index (χ0n) is 10.8. The Morgan fingerprint density at radius 1 is 1.18 bits per heavy atom. The summed E-state index contributed by atoms with van der Waals surface area (Å²) in [5.74, 6) is 1.96. The molecule has 1 nitrogen and oxygen atoms in total. The second kappa shape index (κ2) is 3.85. The van der Waals surface area contributed by atoms with Gasteiger partial charge in [0.15, 0.2) is 0 Å². The van der Waals surface area contributed by atoms with E-state index in [0.29, 0.717) is 11.5 Å². The molecule has 2 saturated carbocycles. The highest BCUT2D eigenvalue weighted by Crippen LogP contribution is 2.62. The third kappa shape index (κ3) is 1.69. The monoisotopic (exact) mass is 232 g/mol. The minimum Gasteiger partial charge on any atom is -0.373 e. The van der Waals surface area contributed by atoms with E-state index in [1.807, 2.05) is 5.57 Å². The average molecular weight is 232 g/mol. The minimum atomic E-state index is 0.598. The van der Waals surface area contributed by atoms with Gasteiger partial charge in [0.1, 0.15) is 0 Å². The van der Waals surface area contributed by atoms with Crippen molar-refractivity contribution < 1.29 is 4.74 Å². The Morgan fingerprint density at radius 2 is 2.00 bits per heavy atom. The quantitative estimate of drug-likeness (QED) is 0.527. The Labute approximate surface area is 105 Å². The van der Waals surface area contributed by atoms with Crippen LogP contribution in [0.1, 0.15) is 57.8 Å². The van der Waals surface area contributed by atoms with E-state index in [0.717, 1.165) is 18.4 Å². The van der Waals surface area contributed by atoms with Gasteiger partial charge in [-0.25, -0.2) is 0 Å². The molecule has 0 radical (unpaired) electrons. The smallest absolute Gasteiger partial charge is 0.0847 e. The molecule has 0 aromatic carbocycles. The van der Waals surface area contributed by atoms with Crippen molar-refractivity contribution in [3.8, 4) is 0 Å². The molecule has 4 aliphatic rings. The zero-order valence-corrected chi connectivity index (χ0v) is 10.8. The topological polar surface area (TPSA) is 12.5 Å². The molecule has 3 aliphatic carbocycles. The Kier molecular flexibility index (Phi) is 2.40. The van der Waals surface area contributed by atoms with Crippen molar-refractivity contribution in [1.29, 1.82) is 0 Å². The van der Waals surface area contributed by atoms with Gasteiger partial charge in [0.2, 0.25) is 0 Å². The Balaban J connectivity index is 1.58. The molecule has 3 atom stereocenters. The van der Waals surface area contributed by atoms with Gasteiger partial charge < -0.3 is 4.74 Å². The lowest BCUT2D eigenvalue weighted by Gasteiger charge is -2.41. The summed E-state index contributed by atoms with van der Waals surface area (Å²) in [7, 11) is 0. The third-order valence-corrected chi connectivity index (χ3v) is 5.90. The second-order valence-corrected chi connectivity index (χ2v) is 6.85. The summed E-state index contributed by atoms with van der Waals surface area (Å²) in [5, 5.41) is 0. The number of allylic oxidation sites excluding steroid dienone is 1. The van der Waals surface area contributed by atoms with E-state index in [9.17, 15) is 0 Å². The fourth-order valence-corrected chi connectivity index (χ4v) is 4.99. The van der Waals surface area contributed by atoms with Crippen molar-refractivity contribution in [2.24, 2.45) is 17.3 Å². The highest BCUT2D eigenvalue weighted by atomic mass is 16.6. The lowest BCUT2D eigenvalue weighted by atomic mass is 9.64. The summed E-state index contributed by atoms with van der Waals surface area (Å²) in [6, 6.07) is 0. The van der Waals surface area contributed by atoms with Crippen molar-refractivity contribution in [3.63, 3.8) is 0 Å². The SMILES string of the molecule is C1=C(CC2CO2)C2(C3CCCCC3)CCC1C2.